The lowest BCUT2D eigenvalue weighted by molar-refractivity contribution is 0.173. The topological polar surface area (TPSA) is 64.7 Å². The Morgan fingerprint density at radius 2 is 2.13 bits per heavy atom. The van der Waals surface area contributed by atoms with Crippen molar-refractivity contribution in [3.05, 3.63) is 17.7 Å². The molecule has 1 saturated carbocycles. The first-order chi connectivity index (χ1) is 7.16. The number of fused-ring (bicyclic) bond motifs is 1. The van der Waals surface area contributed by atoms with E-state index in [1.54, 1.807) is 12.1 Å². The fourth-order valence-electron chi connectivity index (χ4n) is 1.91. The molecule has 80 valence electrons. The van der Waals surface area contributed by atoms with E-state index in [0.29, 0.717) is 5.75 Å². The number of hydrogen-bond acceptors (Lipinski definition) is 4. The van der Waals surface area contributed by atoms with Crippen LogP contribution in [-0.4, -0.2) is 17.4 Å². The zero-order chi connectivity index (χ0) is 10.5. The van der Waals surface area contributed by atoms with Gasteiger partial charge in [-0.1, -0.05) is 0 Å². The first kappa shape index (κ1) is 8.85. The van der Waals surface area contributed by atoms with E-state index in [9.17, 15) is 5.11 Å². The molecule has 0 saturated heterocycles. The Morgan fingerprint density at radius 1 is 1.33 bits per heavy atom. The molecule has 1 heterocycles. The van der Waals surface area contributed by atoms with Gasteiger partial charge in [0.1, 0.15) is 5.75 Å². The molecule has 3 N–H and O–H groups in total. The summed E-state index contributed by atoms with van der Waals surface area (Å²) in [5, 5.41) is 9.52. The number of aromatic hydroxyl groups is 1. The summed E-state index contributed by atoms with van der Waals surface area (Å²) in [5.74, 6) is 1.57. The van der Waals surface area contributed by atoms with Crippen LogP contribution in [-0.2, 0) is 6.42 Å². The standard InChI is InChI=1S/C11H13NO3/c12-11(1-2-11)5-7-3-8(13)4-9-10(7)15-6-14-9/h3-4,13H,1-2,5-6,12H2. The number of phenolic OH excluding ortho intramolecular Hbond substituents is 1. The van der Waals surface area contributed by atoms with E-state index in [1.807, 2.05) is 0 Å². The smallest absolute Gasteiger partial charge is 0.231 e. The molecule has 1 fully saturated rings. The Bertz CT molecular complexity index is 413. The zero-order valence-electron chi connectivity index (χ0n) is 8.32. The summed E-state index contributed by atoms with van der Waals surface area (Å²) >= 11 is 0. The number of rotatable bonds is 2. The Kier molecular flexibility index (Phi) is 1.65. The molecular formula is C11H13NO3. The van der Waals surface area contributed by atoms with Crippen LogP contribution in [0.2, 0.25) is 0 Å². The van der Waals surface area contributed by atoms with E-state index in [4.69, 9.17) is 15.2 Å². The van der Waals surface area contributed by atoms with Crippen LogP contribution in [0.4, 0.5) is 0 Å². The van der Waals surface area contributed by atoms with Crippen LogP contribution in [0.1, 0.15) is 18.4 Å². The molecule has 0 bridgehead atoms. The van der Waals surface area contributed by atoms with Gasteiger partial charge in [0.25, 0.3) is 0 Å². The van der Waals surface area contributed by atoms with Crippen molar-refractivity contribution in [3.63, 3.8) is 0 Å². The van der Waals surface area contributed by atoms with Crippen molar-refractivity contribution in [1.82, 2.24) is 0 Å². The second-order valence-electron chi connectivity index (χ2n) is 4.38. The van der Waals surface area contributed by atoms with Crippen molar-refractivity contribution in [2.75, 3.05) is 6.79 Å². The molecule has 0 aromatic heterocycles. The average molecular weight is 207 g/mol. The SMILES string of the molecule is NC1(Cc2cc(O)cc3c2OCO3)CC1. The van der Waals surface area contributed by atoms with Crippen LogP contribution in [0.15, 0.2) is 12.1 Å². The Labute approximate surface area is 87.6 Å². The highest BCUT2D eigenvalue weighted by Crippen LogP contribution is 2.44. The molecule has 0 unspecified atom stereocenters. The van der Waals surface area contributed by atoms with Crippen molar-refractivity contribution in [3.8, 4) is 17.2 Å². The monoisotopic (exact) mass is 207 g/mol. The molecule has 4 nitrogen and oxygen atoms in total. The van der Waals surface area contributed by atoms with Crippen LogP contribution in [0.5, 0.6) is 17.2 Å². The quantitative estimate of drug-likeness (QED) is 0.763. The van der Waals surface area contributed by atoms with Crippen LogP contribution in [0.3, 0.4) is 0 Å². The molecule has 2 aliphatic rings. The molecule has 3 rings (SSSR count). The normalized spacial score (nSPS) is 20.3. The molecule has 0 radical (unpaired) electrons. The zero-order valence-corrected chi connectivity index (χ0v) is 8.32. The number of ether oxygens (including phenoxy) is 2. The van der Waals surface area contributed by atoms with Gasteiger partial charge in [-0.2, -0.15) is 0 Å². The van der Waals surface area contributed by atoms with Gasteiger partial charge in [0.2, 0.25) is 6.79 Å². The third-order valence-corrected chi connectivity index (χ3v) is 2.97. The molecule has 0 amide bonds. The van der Waals surface area contributed by atoms with E-state index < -0.39 is 0 Å². The highest BCUT2D eigenvalue weighted by molar-refractivity contribution is 5.53. The van der Waals surface area contributed by atoms with Gasteiger partial charge in [0.15, 0.2) is 11.5 Å². The Hall–Kier alpha value is -1.42. The molecule has 1 aliphatic carbocycles. The highest BCUT2D eigenvalue weighted by Gasteiger charge is 2.39. The maximum atomic E-state index is 9.52. The van der Waals surface area contributed by atoms with Crippen LogP contribution >= 0.6 is 0 Å². The van der Waals surface area contributed by atoms with Gasteiger partial charge < -0.3 is 20.3 Å². The minimum atomic E-state index is -0.0898. The fourth-order valence-corrected chi connectivity index (χ4v) is 1.91. The summed E-state index contributed by atoms with van der Waals surface area (Å²) in [5.41, 5.74) is 6.90. The van der Waals surface area contributed by atoms with E-state index in [1.165, 1.54) is 0 Å². The second-order valence-corrected chi connectivity index (χ2v) is 4.38. The molecule has 4 heteroatoms. The van der Waals surface area contributed by atoms with Gasteiger partial charge in [-0.15, -0.1) is 0 Å². The van der Waals surface area contributed by atoms with Gasteiger partial charge >= 0.3 is 0 Å². The van der Waals surface area contributed by atoms with Crippen LogP contribution < -0.4 is 15.2 Å². The number of benzene rings is 1. The second kappa shape index (κ2) is 2.79. The molecule has 0 spiro atoms. The summed E-state index contributed by atoms with van der Waals surface area (Å²) in [6, 6.07) is 3.28. The summed E-state index contributed by atoms with van der Waals surface area (Å²) in [6.45, 7) is 0.226. The number of phenols is 1. The maximum Gasteiger partial charge on any atom is 0.231 e. The lowest BCUT2D eigenvalue weighted by Crippen LogP contribution is -2.24. The molecule has 15 heavy (non-hydrogen) atoms. The van der Waals surface area contributed by atoms with Crippen molar-refractivity contribution in [2.24, 2.45) is 5.73 Å². The minimum absolute atomic E-state index is 0.0898. The van der Waals surface area contributed by atoms with Crippen LogP contribution in [0, 0.1) is 0 Å². The third-order valence-electron chi connectivity index (χ3n) is 2.97. The molecule has 1 aliphatic heterocycles. The minimum Gasteiger partial charge on any atom is -0.508 e. The number of hydrogen-bond donors (Lipinski definition) is 2. The molecule has 0 atom stereocenters. The summed E-state index contributed by atoms with van der Waals surface area (Å²) < 4.78 is 10.6. The number of nitrogens with two attached hydrogens (primary N) is 1. The molecule has 1 aromatic rings. The predicted octanol–water partition coefficient (Wildman–Crippen LogP) is 1.15. The van der Waals surface area contributed by atoms with E-state index in [0.717, 1.165) is 30.6 Å². The van der Waals surface area contributed by atoms with Gasteiger partial charge in [-0.25, -0.2) is 0 Å². The van der Waals surface area contributed by atoms with Gasteiger partial charge in [0.05, 0.1) is 0 Å². The lowest BCUT2D eigenvalue weighted by Gasteiger charge is -2.11. The Morgan fingerprint density at radius 3 is 2.87 bits per heavy atom. The van der Waals surface area contributed by atoms with Crippen LogP contribution in [0.25, 0.3) is 0 Å². The third kappa shape index (κ3) is 1.51. The van der Waals surface area contributed by atoms with Crippen molar-refractivity contribution in [2.45, 2.75) is 24.8 Å². The van der Waals surface area contributed by atoms with Gasteiger partial charge in [-0.3, -0.25) is 0 Å². The summed E-state index contributed by atoms with van der Waals surface area (Å²) in [4.78, 5) is 0. The Balaban J connectivity index is 1.99. The first-order valence-corrected chi connectivity index (χ1v) is 5.07. The van der Waals surface area contributed by atoms with Crippen molar-refractivity contribution in [1.29, 1.82) is 0 Å². The highest BCUT2D eigenvalue weighted by atomic mass is 16.7. The first-order valence-electron chi connectivity index (χ1n) is 5.07. The van der Waals surface area contributed by atoms with Crippen molar-refractivity contribution >= 4 is 0 Å². The van der Waals surface area contributed by atoms with E-state index in [2.05, 4.69) is 0 Å². The van der Waals surface area contributed by atoms with E-state index in [-0.39, 0.29) is 18.1 Å². The lowest BCUT2D eigenvalue weighted by atomic mass is 10.0. The molecular weight excluding hydrogens is 194 g/mol. The largest absolute Gasteiger partial charge is 0.508 e. The fraction of sp³-hybridized carbons (Fsp3) is 0.455. The predicted molar refractivity (Wildman–Crippen MR) is 54.1 cm³/mol. The van der Waals surface area contributed by atoms with E-state index >= 15 is 0 Å². The van der Waals surface area contributed by atoms with Gasteiger partial charge in [-0.05, 0) is 25.3 Å². The summed E-state index contributed by atoms with van der Waals surface area (Å²) in [7, 11) is 0. The molecule has 1 aromatic carbocycles. The summed E-state index contributed by atoms with van der Waals surface area (Å²) in [6.07, 6.45) is 2.82. The maximum absolute atomic E-state index is 9.52. The average Bonchev–Trinajstić information content (AvgIpc) is 2.73. The van der Waals surface area contributed by atoms with Gasteiger partial charge in [0, 0.05) is 17.2 Å². The van der Waals surface area contributed by atoms with Crippen molar-refractivity contribution < 1.29 is 14.6 Å².